The quantitative estimate of drug-likeness (QED) is 0.219. The van der Waals surface area contributed by atoms with Crippen molar-refractivity contribution >= 4 is 60.9 Å². The van der Waals surface area contributed by atoms with Gasteiger partial charge in [-0.05, 0) is 61.0 Å². The van der Waals surface area contributed by atoms with Crippen molar-refractivity contribution in [2.75, 3.05) is 0 Å². The third-order valence-corrected chi connectivity index (χ3v) is 7.96. The van der Waals surface area contributed by atoms with Crippen LogP contribution >= 0.6 is 0 Å². The SMILES string of the molecule is C=C/C=C\c1c(C)c2ccccc2n1-c1cnc2oc3ccc(-n4c5ccccc5c5ccccc54)cc3c2c1. The molecule has 0 amide bonds. The van der Waals surface area contributed by atoms with Gasteiger partial charge in [0.15, 0.2) is 0 Å². The number of furan rings is 1. The Hall–Kier alpha value is -5.35. The molecule has 4 aromatic heterocycles. The van der Waals surface area contributed by atoms with Gasteiger partial charge in [-0.25, -0.2) is 4.98 Å². The normalized spacial score (nSPS) is 12.1. The van der Waals surface area contributed by atoms with Crippen LogP contribution in [0.3, 0.4) is 0 Å². The molecule has 0 fully saturated rings. The van der Waals surface area contributed by atoms with Crippen LogP contribution in [0.5, 0.6) is 0 Å². The number of nitrogens with zero attached hydrogens (tertiary/aromatic N) is 3. The molecular weight excluding hydrogens is 490 g/mol. The minimum Gasteiger partial charge on any atom is -0.438 e. The third kappa shape index (κ3) is 3.17. The van der Waals surface area contributed by atoms with Gasteiger partial charge in [-0.1, -0.05) is 73.3 Å². The second kappa shape index (κ2) is 8.58. The fourth-order valence-corrected chi connectivity index (χ4v) is 6.16. The molecule has 0 aliphatic rings. The number of fused-ring (bicyclic) bond motifs is 7. The van der Waals surface area contributed by atoms with Gasteiger partial charge in [0.1, 0.15) is 5.58 Å². The summed E-state index contributed by atoms with van der Waals surface area (Å²) in [4.78, 5) is 4.79. The van der Waals surface area contributed by atoms with E-state index in [9.17, 15) is 0 Å². The zero-order valence-corrected chi connectivity index (χ0v) is 22.0. The minimum atomic E-state index is 0.634. The fraction of sp³-hybridized carbons (Fsp3) is 0.0278. The molecule has 0 N–H and O–H groups in total. The molecule has 0 spiro atoms. The van der Waals surface area contributed by atoms with E-state index in [0.717, 1.165) is 38.9 Å². The molecule has 0 radical (unpaired) electrons. The lowest BCUT2D eigenvalue weighted by atomic mass is 10.1. The van der Waals surface area contributed by atoms with Gasteiger partial charge in [0, 0.05) is 32.9 Å². The van der Waals surface area contributed by atoms with Crippen molar-refractivity contribution < 1.29 is 4.42 Å². The van der Waals surface area contributed by atoms with E-state index in [-0.39, 0.29) is 0 Å². The van der Waals surface area contributed by atoms with Gasteiger partial charge >= 0.3 is 0 Å². The minimum absolute atomic E-state index is 0.634. The van der Waals surface area contributed by atoms with E-state index in [1.807, 2.05) is 18.3 Å². The molecular formula is C36H25N3O. The van der Waals surface area contributed by atoms with Crippen LogP contribution in [0, 0.1) is 6.92 Å². The van der Waals surface area contributed by atoms with Gasteiger partial charge in [0.25, 0.3) is 0 Å². The number of aryl methyl sites for hydroxylation is 1. The maximum absolute atomic E-state index is 6.22. The maximum atomic E-state index is 6.22. The lowest BCUT2D eigenvalue weighted by Gasteiger charge is -2.09. The van der Waals surface area contributed by atoms with E-state index in [1.54, 1.807) is 0 Å². The summed E-state index contributed by atoms with van der Waals surface area (Å²) >= 11 is 0. The summed E-state index contributed by atoms with van der Waals surface area (Å²) in [6.07, 6.45) is 7.80. The van der Waals surface area contributed by atoms with Crippen LogP contribution in [0.25, 0.3) is 72.2 Å². The van der Waals surface area contributed by atoms with Crippen LogP contribution in [0.15, 0.2) is 126 Å². The first-order valence-corrected chi connectivity index (χ1v) is 13.4. The topological polar surface area (TPSA) is 35.9 Å². The van der Waals surface area contributed by atoms with Crippen molar-refractivity contribution in [3.8, 4) is 11.4 Å². The average Bonchev–Trinajstić information content (AvgIpc) is 3.63. The second-order valence-electron chi connectivity index (χ2n) is 10.2. The van der Waals surface area contributed by atoms with Crippen LogP contribution in [-0.4, -0.2) is 14.1 Å². The van der Waals surface area contributed by atoms with Crippen LogP contribution in [-0.2, 0) is 0 Å². The Labute approximate surface area is 230 Å². The van der Waals surface area contributed by atoms with Gasteiger partial charge < -0.3 is 13.6 Å². The van der Waals surface area contributed by atoms with Crippen LogP contribution in [0.1, 0.15) is 11.3 Å². The molecule has 40 heavy (non-hydrogen) atoms. The number of hydrogen-bond acceptors (Lipinski definition) is 2. The number of rotatable bonds is 4. The Morgan fingerprint density at radius 1 is 0.675 bits per heavy atom. The Kier molecular flexibility index (Phi) is 4.85. The summed E-state index contributed by atoms with van der Waals surface area (Å²) in [5.74, 6) is 0. The molecule has 0 bridgehead atoms. The van der Waals surface area contributed by atoms with E-state index < -0.39 is 0 Å². The molecule has 0 atom stereocenters. The molecule has 4 heterocycles. The molecule has 0 saturated heterocycles. The van der Waals surface area contributed by atoms with Gasteiger partial charge in [0.05, 0.1) is 33.8 Å². The number of allylic oxidation sites excluding steroid dienone is 2. The van der Waals surface area contributed by atoms with E-state index >= 15 is 0 Å². The van der Waals surface area contributed by atoms with Crippen LogP contribution in [0.4, 0.5) is 0 Å². The molecule has 190 valence electrons. The number of aromatic nitrogens is 3. The van der Waals surface area contributed by atoms with Crippen LogP contribution in [0.2, 0.25) is 0 Å². The predicted molar refractivity (Wildman–Crippen MR) is 167 cm³/mol. The van der Waals surface area contributed by atoms with Crippen molar-refractivity contribution in [2.45, 2.75) is 6.92 Å². The first kappa shape index (κ1) is 22.6. The molecule has 0 aliphatic carbocycles. The Balaban J connectivity index is 1.39. The molecule has 4 heteroatoms. The zero-order valence-electron chi connectivity index (χ0n) is 22.0. The maximum Gasteiger partial charge on any atom is 0.227 e. The first-order valence-electron chi connectivity index (χ1n) is 13.4. The van der Waals surface area contributed by atoms with Crippen LogP contribution < -0.4 is 0 Å². The molecule has 0 unspecified atom stereocenters. The zero-order chi connectivity index (χ0) is 26.8. The average molecular weight is 516 g/mol. The fourth-order valence-electron chi connectivity index (χ4n) is 6.16. The molecule has 4 aromatic carbocycles. The third-order valence-electron chi connectivity index (χ3n) is 7.96. The molecule has 4 nitrogen and oxygen atoms in total. The highest BCUT2D eigenvalue weighted by atomic mass is 16.3. The smallest absolute Gasteiger partial charge is 0.227 e. The monoisotopic (exact) mass is 515 g/mol. The second-order valence-corrected chi connectivity index (χ2v) is 10.2. The Morgan fingerprint density at radius 3 is 2.00 bits per heavy atom. The van der Waals surface area contributed by atoms with Crippen molar-refractivity contribution in [1.82, 2.24) is 14.1 Å². The standard InChI is InChI=1S/C36H25N3O/c1-3-4-14-31-23(2)26-11-5-8-15-32(26)39(31)25-21-30-29-20-24(18-19-35(29)40-36(30)37-22-25)38-33-16-9-6-12-27(33)28-13-7-10-17-34(28)38/h3-22H,1H2,2H3/b14-4-. The van der Waals surface area contributed by atoms with Gasteiger partial charge in [-0.15, -0.1) is 0 Å². The van der Waals surface area contributed by atoms with Crippen molar-refractivity contribution in [3.63, 3.8) is 0 Å². The lowest BCUT2D eigenvalue weighted by Crippen LogP contribution is -1.98. The number of para-hydroxylation sites is 3. The van der Waals surface area contributed by atoms with E-state index in [4.69, 9.17) is 9.40 Å². The lowest BCUT2D eigenvalue weighted by molar-refractivity contribution is 0.654. The van der Waals surface area contributed by atoms with Gasteiger partial charge in [-0.2, -0.15) is 0 Å². The van der Waals surface area contributed by atoms with E-state index in [2.05, 4.69) is 126 Å². The molecule has 8 aromatic rings. The molecule has 0 aliphatic heterocycles. The number of pyridine rings is 1. The first-order chi connectivity index (χ1) is 19.7. The van der Waals surface area contributed by atoms with Crippen molar-refractivity contribution in [3.05, 3.63) is 133 Å². The highest BCUT2D eigenvalue weighted by Gasteiger charge is 2.17. The number of benzene rings is 4. The number of hydrogen-bond donors (Lipinski definition) is 0. The van der Waals surface area contributed by atoms with E-state index in [1.165, 1.54) is 32.8 Å². The summed E-state index contributed by atoms with van der Waals surface area (Å²) in [6, 6.07) is 34.3. The largest absolute Gasteiger partial charge is 0.438 e. The van der Waals surface area contributed by atoms with Crippen molar-refractivity contribution in [2.24, 2.45) is 0 Å². The summed E-state index contributed by atoms with van der Waals surface area (Å²) in [5, 5.41) is 5.74. The van der Waals surface area contributed by atoms with Crippen molar-refractivity contribution in [1.29, 1.82) is 0 Å². The highest BCUT2D eigenvalue weighted by molar-refractivity contribution is 6.10. The van der Waals surface area contributed by atoms with Gasteiger partial charge in [-0.3, -0.25) is 0 Å². The Morgan fingerprint density at radius 2 is 1.30 bits per heavy atom. The summed E-state index contributed by atoms with van der Waals surface area (Å²) in [6.45, 7) is 6.04. The van der Waals surface area contributed by atoms with E-state index in [0.29, 0.717) is 5.71 Å². The van der Waals surface area contributed by atoms with Gasteiger partial charge in [0.2, 0.25) is 5.71 Å². The molecule has 0 saturated carbocycles. The summed E-state index contributed by atoms with van der Waals surface area (Å²) < 4.78 is 10.8. The predicted octanol–water partition coefficient (Wildman–Crippen LogP) is 9.53. The molecule has 8 rings (SSSR count). The summed E-state index contributed by atoms with van der Waals surface area (Å²) in [5.41, 5.74) is 9.38. The Bertz CT molecular complexity index is 2260. The highest BCUT2D eigenvalue weighted by Crippen LogP contribution is 2.36. The summed E-state index contributed by atoms with van der Waals surface area (Å²) in [7, 11) is 0.